The fraction of sp³-hybridized carbons (Fsp3) is 0.143. The molecule has 3 nitrogen and oxygen atoms in total. The fourth-order valence-corrected chi connectivity index (χ4v) is 1.77. The number of methoxy groups -OCH3 is 1. The largest absolute Gasteiger partial charge is 0.495 e. The summed E-state index contributed by atoms with van der Waals surface area (Å²) in [5.41, 5.74) is 6.64. The van der Waals surface area contributed by atoms with Gasteiger partial charge in [-0.15, -0.1) is 0 Å². The Kier molecular flexibility index (Phi) is 3.85. The lowest BCUT2D eigenvalue weighted by atomic mass is 10.1. The van der Waals surface area contributed by atoms with Crippen molar-refractivity contribution >= 4 is 17.1 Å². The van der Waals surface area contributed by atoms with Gasteiger partial charge < -0.3 is 15.8 Å². The molecule has 0 saturated heterocycles. The van der Waals surface area contributed by atoms with Crippen LogP contribution in [0.15, 0.2) is 42.5 Å². The van der Waals surface area contributed by atoms with Gasteiger partial charge >= 0.3 is 0 Å². The monoisotopic (exact) mass is 264 g/mol. The van der Waals surface area contributed by atoms with Gasteiger partial charge in [0, 0.05) is 16.9 Å². The van der Waals surface area contributed by atoms with E-state index in [0.717, 1.165) is 0 Å². The third-order valence-electron chi connectivity index (χ3n) is 2.69. The van der Waals surface area contributed by atoms with Gasteiger partial charge in [-0.1, -0.05) is 12.1 Å². The van der Waals surface area contributed by atoms with Crippen LogP contribution in [0.25, 0.3) is 0 Å². The Balaban J connectivity index is 2.38. The molecule has 2 rings (SSSR count). The van der Waals surface area contributed by atoms with Gasteiger partial charge in [0.25, 0.3) is 6.43 Å². The predicted molar refractivity (Wildman–Crippen MR) is 72.1 cm³/mol. The molecule has 0 amide bonds. The SMILES string of the molecule is COc1ccccc1Nc1ccc(N)cc1C(F)F. The van der Waals surface area contributed by atoms with Crippen LogP contribution in [0.1, 0.15) is 12.0 Å². The molecule has 0 aromatic heterocycles. The van der Waals surface area contributed by atoms with Crippen molar-refractivity contribution in [1.82, 2.24) is 0 Å². The van der Waals surface area contributed by atoms with Gasteiger partial charge in [-0.2, -0.15) is 0 Å². The smallest absolute Gasteiger partial charge is 0.265 e. The van der Waals surface area contributed by atoms with E-state index in [9.17, 15) is 8.78 Å². The van der Waals surface area contributed by atoms with Crippen LogP contribution in [-0.4, -0.2) is 7.11 Å². The first-order valence-corrected chi connectivity index (χ1v) is 5.69. The first kappa shape index (κ1) is 13.1. The third-order valence-corrected chi connectivity index (χ3v) is 2.69. The Morgan fingerprint density at radius 3 is 2.53 bits per heavy atom. The number of anilines is 3. The average molecular weight is 264 g/mol. The second-order valence-corrected chi connectivity index (χ2v) is 3.97. The number of nitrogens with one attached hydrogen (secondary N) is 1. The summed E-state index contributed by atoms with van der Waals surface area (Å²) in [7, 11) is 1.53. The van der Waals surface area contributed by atoms with Crippen molar-refractivity contribution < 1.29 is 13.5 Å². The van der Waals surface area contributed by atoms with Crippen molar-refractivity contribution in [2.75, 3.05) is 18.2 Å². The number of ether oxygens (including phenoxy) is 1. The number of hydrogen-bond donors (Lipinski definition) is 2. The molecule has 2 aromatic rings. The number of halogens is 2. The molecule has 0 aliphatic rings. The Hall–Kier alpha value is -2.30. The molecule has 0 fully saturated rings. The molecule has 0 bridgehead atoms. The van der Waals surface area contributed by atoms with E-state index >= 15 is 0 Å². The molecule has 0 saturated carbocycles. The number of nitrogen functional groups attached to an aromatic ring is 1. The lowest BCUT2D eigenvalue weighted by Crippen LogP contribution is -2.00. The number of hydrogen-bond acceptors (Lipinski definition) is 3. The maximum absolute atomic E-state index is 13.0. The topological polar surface area (TPSA) is 47.3 Å². The van der Waals surface area contributed by atoms with E-state index in [1.54, 1.807) is 30.3 Å². The third kappa shape index (κ3) is 2.93. The van der Waals surface area contributed by atoms with E-state index in [4.69, 9.17) is 10.5 Å². The first-order chi connectivity index (χ1) is 9.11. The summed E-state index contributed by atoms with van der Waals surface area (Å²) in [4.78, 5) is 0. The number of rotatable bonds is 4. The minimum atomic E-state index is -2.60. The summed E-state index contributed by atoms with van der Waals surface area (Å²) in [5.74, 6) is 0.583. The number of alkyl halides is 2. The molecular formula is C14H14F2N2O. The van der Waals surface area contributed by atoms with E-state index in [2.05, 4.69) is 5.32 Å². The minimum absolute atomic E-state index is 0.133. The van der Waals surface area contributed by atoms with Gasteiger partial charge in [0.1, 0.15) is 5.75 Å². The van der Waals surface area contributed by atoms with Crippen LogP contribution in [0.2, 0.25) is 0 Å². The second-order valence-electron chi connectivity index (χ2n) is 3.97. The normalized spacial score (nSPS) is 10.5. The fourth-order valence-electron chi connectivity index (χ4n) is 1.77. The quantitative estimate of drug-likeness (QED) is 0.822. The van der Waals surface area contributed by atoms with Crippen molar-refractivity contribution in [3.05, 3.63) is 48.0 Å². The summed E-state index contributed by atoms with van der Waals surface area (Å²) in [5, 5.41) is 2.94. The zero-order chi connectivity index (χ0) is 13.8. The number of para-hydroxylation sites is 2. The number of benzene rings is 2. The Labute approximate surface area is 110 Å². The highest BCUT2D eigenvalue weighted by atomic mass is 19.3. The molecular weight excluding hydrogens is 250 g/mol. The lowest BCUT2D eigenvalue weighted by molar-refractivity contribution is 0.152. The highest BCUT2D eigenvalue weighted by Gasteiger charge is 2.14. The second kappa shape index (κ2) is 5.56. The molecule has 5 heteroatoms. The van der Waals surface area contributed by atoms with Crippen LogP contribution in [0.4, 0.5) is 25.8 Å². The van der Waals surface area contributed by atoms with E-state index in [0.29, 0.717) is 22.8 Å². The molecule has 2 aromatic carbocycles. The Morgan fingerprint density at radius 2 is 1.84 bits per heavy atom. The Bertz CT molecular complexity index is 573. The zero-order valence-corrected chi connectivity index (χ0v) is 10.4. The van der Waals surface area contributed by atoms with Crippen molar-refractivity contribution in [3.63, 3.8) is 0 Å². The van der Waals surface area contributed by atoms with Crippen molar-refractivity contribution in [3.8, 4) is 5.75 Å². The van der Waals surface area contributed by atoms with E-state index in [1.807, 2.05) is 0 Å². The minimum Gasteiger partial charge on any atom is -0.495 e. The standard InChI is InChI=1S/C14H14F2N2O/c1-19-13-5-3-2-4-12(13)18-11-7-6-9(17)8-10(11)14(15)16/h2-8,14,18H,17H2,1H3. The van der Waals surface area contributed by atoms with Crippen LogP contribution in [0.5, 0.6) is 5.75 Å². The number of nitrogens with two attached hydrogens (primary N) is 1. The van der Waals surface area contributed by atoms with Crippen LogP contribution >= 0.6 is 0 Å². The van der Waals surface area contributed by atoms with Crippen molar-refractivity contribution in [2.45, 2.75) is 6.43 Å². The summed E-state index contributed by atoms with van der Waals surface area (Å²) < 4.78 is 31.1. The Morgan fingerprint density at radius 1 is 1.11 bits per heavy atom. The van der Waals surface area contributed by atoms with Gasteiger partial charge in [-0.25, -0.2) is 8.78 Å². The van der Waals surface area contributed by atoms with Gasteiger partial charge in [0.2, 0.25) is 0 Å². The first-order valence-electron chi connectivity index (χ1n) is 5.69. The van der Waals surface area contributed by atoms with Gasteiger partial charge in [0.05, 0.1) is 12.8 Å². The average Bonchev–Trinajstić information content (AvgIpc) is 2.41. The van der Waals surface area contributed by atoms with E-state index < -0.39 is 6.43 Å². The van der Waals surface area contributed by atoms with Crippen LogP contribution in [-0.2, 0) is 0 Å². The lowest BCUT2D eigenvalue weighted by Gasteiger charge is -2.14. The molecule has 0 atom stereocenters. The van der Waals surface area contributed by atoms with Gasteiger partial charge in [-0.3, -0.25) is 0 Å². The molecule has 3 N–H and O–H groups in total. The molecule has 0 aliphatic carbocycles. The molecule has 0 spiro atoms. The van der Waals surface area contributed by atoms with Crippen LogP contribution < -0.4 is 15.8 Å². The molecule has 100 valence electrons. The molecule has 0 radical (unpaired) electrons. The highest BCUT2D eigenvalue weighted by Crippen LogP contribution is 2.33. The maximum atomic E-state index is 13.0. The van der Waals surface area contributed by atoms with E-state index in [-0.39, 0.29) is 5.56 Å². The summed E-state index contributed by atoms with van der Waals surface area (Å²) in [6, 6.07) is 11.5. The van der Waals surface area contributed by atoms with Gasteiger partial charge in [0.15, 0.2) is 0 Å². The zero-order valence-electron chi connectivity index (χ0n) is 10.4. The highest BCUT2D eigenvalue weighted by molar-refractivity contribution is 5.70. The summed E-state index contributed by atoms with van der Waals surface area (Å²) in [6.45, 7) is 0. The van der Waals surface area contributed by atoms with Crippen molar-refractivity contribution in [1.29, 1.82) is 0 Å². The molecule has 0 aliphatic heterocycles. The van der Waals surface area contributed by atoms with Gasteiger partial charge in [-0.05, 0) is 30.3 Å². The van der Waals surface area contributed by atoms with Crippen molar-refractivity contribution in [2.24, 2.45) is 0 Å². The van der Waals surface area contributed by atoms with Crippen LogP contribution in [0.3, 0.4) is 0 Å². The van der Waals surface area contributed by atoms with E-state index in [1.165, 1.54) is 19.2 Å². The molecule has 0 heterocycles. The predicted octanol–water partition coefficient (Wildman–Crippen LogP) is 3.96. The maximum Gasteiger partial charge on any atom is 0.265 e. The summed E-state index contributed by atoms with van der Waals surface area (Å²) in [6.07, 6.45) is -2.60. The summed E-state index contributed by atoms with van der Waals surface area (Å²) >= 11 is 0. The molecule has 0 unspecified atom stereocenters. The van der Waals surface area contributed by atoms with Crippen LogP contribution in [0, 0.1) is 0 Å². The molecule has 19 heavy (non-hydrogen) atoms.